The second-order valence-electron chi connectivity index (χ2n) is 5.21. The Morgan fingerprint density at radius 1 is 0.905 bits per heavy atom. The monoisotopic (exact) mass is 290 g/mol. The number of aryl methyl sites for hydroxylation is 1. The van der Waals surface area contributed by atoms with Gasteiger partial charge in [-0.3, -0.25) is 0 Å². The third-order valence-corrected chi connectivity index (χ3v) is 3.41. The van der Waals surface area contributed by atoms with E-state index in [9.17, 15) is 0 Å². The molecule has 2 aliphatic rings. The van der Waals surface area contributed by atoms with Crippen LogP contribution in [0.15, 0.2) is 30.4 Å². The summed E-state index contributed by atoms with van der Waals surface area (Å²) in [5.41, 5.74) is 6.20. The molecule has 0 bridgehead atoms. The zero-order valence-corrected chi connectivity index (χ0v) is 11.4. The van der Waals surface area contributed by atoms with Gasteiger partial charge in [-0.1, -0.05) is 93.8 Å². The van der Waals surface area contributed by atoms with Gasteiger partial charge in [0.2, 0.25) is 0 Å². The van der Waals surface area contributed by atoms with Crippen molar-refractivity contribution < 1.29 is 0 Å². The number of hydrogen-bond acceptors (Lipinski definition) is 0. The van der Waals surface area contributed by atoms with Crippen LogP contribution in [0.2, 0.25) is 0 Å². The molecule has 0 saturated carbocycles. The fraction of sp³-hybridized carbons (Fsp3) is 0.524. The summed E-state index contributed by atoms with van der Waals surface area (Å²) < 4.78 is 0. The van der Waals surface area contributed by atoms with Gasteiger partial charge in [0.05, 0.1) is 0 Å². The van der Waals surface area contributed by atoms with Crippen LogP contribution in [0.3, 0.4) is 0 Å². The minimum Gasteiger partial charge on any atom is -0.0776 e. The van der Waals surface area contributed by atoms with Gasteiger partial charge in [0, 0.05) is 5.41 Å². The average molecular weight is 291 g/mol. The number of allylic oxidation sites excluding steroid dienone is 3. The molecule has 0 saturated heterocycles. The molecule has 2 aliphatic carbocycles. The lowest BCUT2D eigenvalue weighted by Gasteiger charge is -2.14. The first-order valence-electron chi connectivity index (χ1n) is 6.69. The highest BCUT2D eigenvalue weighted by molar-refractivity contribution is 5.82. The molecule has 122 valence electrons. The Morgan fingerprint density at radius 2 is 1.52 bits per heavy atom. The Kier molecular flexibility index (Phi) is 11.3. The molecule has 0 N–H and O–H groups in total. The Labute approximate surface area is 135 Å². The van der Waals surface area contributed by atoms with Crippen LogP contribution >= 0.6 is 0 Å². The van der Waals surface area contributed by atoms with Crippen molar-refractivity contribution in [3.05, 3.63) is 47.0 Å². The van der Waals surface area contributed by atoms with Gasteiger partial charge in [-0.15, -0.1) is 0 Å². The van der Waals surface area contributed by atoms with E-state index < -0.39 is 0 Å². The van der Waals surface area contributed by atoms with Crippen molar-refractivity contribution in [2.24, 2.45) is 5.41 Å². The highest BCUT2D eigenvalue weighted by atomic mass is 14.3. The van der Waals surface area contributed by atoms with Crippen LogP contribution < -0.4 is 0 Å². The first-order chi connectivity index (χ1) is 8.16. The topological polar surface area (TPSA) is 0 Å². The molecule has 0 aliphatic heterocycles. The highest BCUT2D eigenvalue weighted by Gasteiger charge is 2.23. The number of benzene rings is 1. The molecule has 0 spiro atoms. The minimum atomic E-state index is 0. The summed E-state index contributed by atoms with van der Waals surface area (Å²) in [6.07, 6.45) is 9.48. The first kappa shape index (κ1) is 24.7. The molecule has 0 heterocycles. The molecule has 21 heavy (non-hydrogen) atoms. The first-order valence-corrected chi connectivity index (χ1v) is 6.69. The molecule has 0 nitrogen and oxygen atoms in total. The zero-order chi connectivity index (χ0) is 12.5. The smallest absolute Gasteiger partial charge is 0.00138 e. The maximum atomic E-state index is 2.44. The highest BCUT2D eigenvalue weighted by Crippen LogP contribution is 2.40. The van der Waals surface area contributed by atoms with E-state index in [1.54, 1.807) is 5.57 Å². The molecular weight excluding hydrogens is 252 g/mol. The van der Waals surface area contributed by atoms with Crippen molar-refractivity contribution in [1.82, 2.24) is 0 Å². The van der Waals surface area contributed by atoms with Crippen LogP contribution in [0.4, 0.5) is 0 Å². The maximum Gasteiger partial charge on any atom is 0.00138 e. The van der Waals surface area contributed by atoms with E-state index in [0.717, 1.165) is 0 Å². The molecule has 0 heteroatoms. The molecule has 0 aromatic heterocycles. The SMILES string of the molecule is C.C.C.C.CC.CC1(C)C=Cc2cccc3c2C(=C1)CC3. The third kappa shape index (κ3) is 4.88. The van der Waals surface area contributed by atoms with Gasteiger partial charge < -0.3 is 0 Å². The Morgan fingerprint density at radius 3 is 2.14 bits per heavy atom. The lowest BCUT2D eigenvalue weighted by atomic mass is 9.91. The molecule has 0 radical (unpaired) electrons. The van der Waals surface area contributed by atoms with Crippen LogP contribution in [0.25, 0.3) is 11.6 Å². The molecule has 0 unspecified atom stereocenters. The fourth-order valence-electron chi connectivity index (χ4n) is 2.70. The quantitative estimate of drug-likeness (QED) is 0.460. The van der Waals surface area contributed by atoms with Gasteiger partial charge in [0.1, 0.15) is 0 Å². The summed E-state index contributed by atoms with van der Waals surface area (Å²) in [6, 6.07) is 6.68. The van der Waals surface area contributed by atoms with E-state index in [2.05, 4.69) is 50.3 Å². The van der Waals surface area contributed by atoms with Crippen LogP contribution in [-0.4, -0.2) is 0 Å². The van der Waals surface area contributed by atoms with Gasteiger partial charge in [-0.25, -0.2) is 0 Å². The Hall–Kier alpha value is -1.30. The van der Waals surface area contributed by atoms with Crippen molar-refractivity contribution in [3.63, 3.8) is 0 Å². The van der Waals surface area contributed by atoms with E-state index >= 15 is 0 Å². The van der Waals surface area contributed by atoms with Crippen LogP contribution in [0.5, 0.6) is 0 Å². The van der Waals surface area contributed by atoms with Crippen molar-refractivity contribution >= 4 is 11.6 Å². The van der Waals surface area contributed by atoms with E-state index in [0.29, 0.717) is 0 Å². The summed E-state index contributed by atoms with van der Waals surface area (Å²) >= 11 is 0. The Bertz CT molecular complexity index is 473. The minimum absolute atomic E-state index is 0. The van der Waals surface area contributed by atoms with Crippen LogP contribution in [0, 0.1) is 5.41 Å². The standard InChI is InChI=1S/C15H16.C2H6.4CH4/c1-15(2)9-8-12-5-3-4-11-6-7-13(10-15)14(11)12;1-2;;;;/h3-5,8-10H,6-7H2,1-2H3;1-2H3;4*1H4. The van der Waals surface area contributed by atoms with Crippen molar-refractivity contribution in [1.29, 1.82) is 0 Å². The summed E-state index contributed by atoms with van der Waals surface area (Å²) in [6.45, 7) is 8.56. The fourth-order valence-corrected chi connectivity index (χ4v) is 2.70. The second-order valence-corrected chi connectivity index (χ2v) is 5.21. The molecule has 0 amide bonds. The molecular formula is C21H38. The maximum absolute atomic E-state index is 2.44. The Balaban J connectivity index is -0.000000519. The van der Waals surface area contributed by atoms with Crippen molar-refractivity contribution in [3.8, 4) is 0 Å². The lowest BCUT2D eigenvalue weighted by molar-refractivity contribution is 0.630. The summed E-state index contributed by atoms with van der Waals surface area (Å²) in [5, 5.41) is 0. The van der Waals surface area contributed by atoms with Gasteiger partial charge in [-0.2, -0.15) is 0 Å². The second kappa shape index (κ2) is 9.60. The molecule has 1 aromatic rings. The van der Waals surface area contributed by atoms with Gasteiger partial charge in [0.15, 0.2) is 0 Å². The van der Waals surface area contributed by atoms with Crippen LogP contribution in [-0.2, 0) is 6.42 Å². The molecule has 0 fully saturated rings. The summed E-state index contributed by atoms with van der Waals surface area (Å²) in [4.78, 5) is 0. The van der Waals surface area contributed by atoms with Crippen molar-refractivity contribution in [2.45, 2.75) is 70.2 Å². The van der Waals surface area contributed by atoms with Gasteiger partial charge in [-0.05, 0) is 35.1 Å². The summed E-state index contributed by atoms with van der Waals surface area (Å²) in [7, 11) is 0. The third-order valence-electron chi connectivity index (χ3n) is 3.41. The number of hydrogen-bond donors (Lipinski definition) is 0. The van der Waals surface area contributed by atoms with Gasteiger partial charge in [0.25, 0.3) is 0 Å². The predicted octanol–water partition coefficient (Wildman–Crippen LogP) is 7.64. The number of rotatable bonds is 0. The zero-order valence-electron chi connectivity index (χ0n) is 11.4. The predicted molar refractivity (Wildman–Crippen MR) is 104 cm³/mol. The van der Waals surface area contributed by atoms with E-state index in [4.69, 9.17) is 0 Å². The molecule has 1 aromatic carbocycles. The average Bonchev–Trinajstić information content (AvgIpc) is 2.66. The lowest BCUT2D eigenvalue weighted by Crippen LogP contribution is -2.01. The van der Waals surface area contributed by atoms with Crippen LogP contribution in [0.1, 0.15) is 80.5 Å². The molecule has 3 rings (SSSR count). The van der Waals surface area contributed by atoms with E-state index in [1.807, 2.05) is 13.8 Å². The normalized spacial score (nSPS) is 15.1. The summed E-state index contributed by atoms with van der Waals surface area (Å²) in [5.74, 6) is 0. The van der Waals surface area contributed by atoms with Crippen molar-refractivity contribution in [2.75, 3.05) is 0 Å². The van der Waals surface area contributed by atoms with E-state index in [1.165, 1.54) is 29.5 Å². The van der Waals surface area contributed by atoms with E-state index in [-0.39, 0.29) is 35.1 Å². The van der Waals surface area contributed by atoms with Gasteiger partial charge >= 0.3 is 0 Å². The molecule has 0 atom stereocenters. The largest absolute Gasteiger partial charge is 0.0776 e.